The standard InChI is InChI=1S/C25H23F3N2O3/c1-33-21-10-7-16-3-2-4-17(22(16)13-21)11-12-29-23(31)19-14-30(15-19)24(32)18-5-8-20(9-6-18)25(26,27)28/h2-10,13,19H,11-12,14-15H2,1H3,(H,29,31). The van der Waals surface area contributed by atoms with Gasteiger partial charge in [0.05, 0.1) is 18.6 Å². The molecule has 33 heavy (non-hydrogen) atoms. The molecule has 0 aromatic heterocycles. The van der Waals surface area contributed by atoms with Crippen molar-refractivity contribution >= 4 is 22.6 Å². The SMILES string of the molecule is COc1ccc2cccc(CCNC(=O)C3CN(C(=O)c4ccc(C(F)(F)F)cc4)C3)c2c1. The van der Waals surface area contributed by atoms with Crippen LogP contribution >= 0.6 is 0 Å². The molecule has 1 saturated heterocycles. The number of benzene rings is 3. The second-order valence-electron chi connectivity index (χ2n) is 8.03. The highest BCUT2D eigenvalue weighted by Crippen LogP contribution is 2.30. The summed E-state index contributed by atoms with van der Waals surface area (Å²) in [6.07, 6.45) is -3.79. The highest BCUT2D eigenvalue weighted by molar-refractivity contribution is 5.96. The van der Waals surface area contributed by atoms with Crippen molar-refractivity contribution in [3.8, 4) is 5.75 Å². The summed E-state index contributed by atoms with van der Waals surface area (Å²) in [6.45, 7) is 0.951. The molecular weight excluding hydrogens is 433 g/mol. The van der Waals surface area contributed by atoms with Gasteiger partial charge in [0.1, 0.15) is 5.75 Å². The number of halogens is 3. The zero-order valence-electron chi connectivity index (χ0n) is 18.0. The van der Waals surface area contributed by atoms with E-state index < -0.39 is 11.7 Å². The fourth-order valence-corrected chi connectivity index (χ4v) is 3.92. The first kappa shape index (κ1) is 22.6. The summed E-state index contributed by atoms with van der Waals surface area (Å²) in [5, 5.41) is 5.08. The molecule has 1 fully saturated rings. The molecule has 172 valence electrons. The van der Waals surface area contributed by atoms with E-state index in [1.807, 2.05) is 36.4 Å². The summed E-state index contributed by atoms with van der Waals surface area (Å²) in [7, 11) is 1.62. The van der Waals surface area contributed by atoms with E-state index in [1.165, 1.54) is 4.90 Å². The Morgan fingerprint density at radius 3 is 2.45 bits per heavy atom. The third-order valence-electron chi connectivity index (χ3n) is 5.87. The molecule has 1 heterocycles. The van der Waals surface area contributed by atoms with Crippen LogP contribution in [0.2, 0.25) is 0 Å². The Balaban J connectivity index is 1.28. The molecule has 0 spiro atoms. The lowest BCUT2D eigenvalue weighted by molar-refractivity contribution is -0.137. The third-order valence-corrected chi connectivity index (χ3v) is 5.87. The molecule has 3 aromatic rings. The predicted octanol–water partition coefficient (Wildman–Crippen LogP) is 4.30. The Morgan fingerprint density at radius 2 is 1.79 bits per heavy atom. The Bertz CT molecular complexity index is 1170. The number of hydrogen-bond donors (Lipinski definition) is 1. The van der Waals surface area contributed by atoms with Crippen molar-refractivity contribution in [1.82, 2.24) is 10.2 Å². The van der Waals surface area contributed by atoms with Crippen molar-refractivity contribution in [3.05, 3.63) is 77.4 Å². The Hall–Kier alpha value is -3.55. The summed E-state index contributed by atoms with van der Waals surface area (Å²) in [5.41, 5.74) is 0.470. The average molecular weight is 456 g/mol. The largest absolute Gasteiger partial charge is 0.497 e. The highest BCUT2D eigenvalue weighted by Gasteiger charge is 2.36. The quantitative estimate of drug-likeness (QED) is 0.602. The molecule has 1 aliphatic rings. The molecule has 0 radical (unpaired) electrons. The first-order valence-corrected chi connectivity index (χ1v) is 10.6. The molecule has 0 unspecified atom stereocenters. The molecule has 0 atom stereocenters. The normalized spacial score (nSPS) is 14.1. The third kappa shape index (κ3) is 4.94. The van der Waals surface area contributed by atoms with Crippen LogP contribution in [-0.4, -0.2) is 43.5 Å². The summed E-state index contributed by atoms with van der Waals surface area (Å²) >= 11 is 0. The number of methoxy groups -OCH3 is 1. The fourth-order valence-electron chi connectivity index (χ4n) is 3.92. The van der Waals surface area contributed by atoms with Gasteiger partial charge in [-0.2, -0.15) is 13.2 Å². The summed E-state index contributed by atoms with van der Waals surface area (Å²) in [6, 6.07) is 16.0. The van der Waals surface area contributed by atoms with Crippen molar-refractivity contribution in [2.24, 2.45) is 5.92 Å². The van der Waals surface area contributed by atoms with E-state index >= 15 is 0 Å². The van der Waals surface area contributed by atoms with Crippen LogP contribution in [0.3, 0.4) is 0 Å². The zero-order chi connectivity index (χ0) is 23.6. The zero-order valence-corrected chi connectivity index (χ0v) is 18.0. The maximum Gasteiger partial charge on any atom is 0.416 e. The van der Waals surface area contributed by atoms with Crippen LogP contribution in [0.25, 0.3) is 10.8 Å². The molecule has 0 aliphatic carbocycles. The number of hydrogen-bond acceptors (Lipinski definition) is 3. The van der Waals surface area contributed by atoms with E-state index in [1.54, 1.807) is 7.11 Å². The van der Waals surface area contributed by atoms with Gasteiger partial charge in [0.15, 0.2) is 0 Å². The molecule has 5 nitrogen and oxygen atoms in total. The highest BCUT2D eigenvalue weighted by atomic mass is 19.4. The average Bonchev–Trinajstić information content (AvgIpc) is 2.77. The first-order valence-electron chi connectivity index (χ1n) is 10.6. The van der Waals surface area contributed by atoms with Crippen LogP contribution in [0.5, 0.6) is 5.75 Å². The van der Waals surface area contributed by atoms with Gasteiger partial charge in [-0.15, -0.1) is 0 Å². The number of alkyl halides is 3. The maximum atomic E-state index is 12.7. The van der Waals surface area contributed by atoms with Gasteiger partial charge >= 0.3 is 6.18 Å². The van der Waals surface area contributed by atoms with Crippen LogP contribution in [0.4, 0.5) is 13.2 Å². The number of rotatable bonds is 6. The smallest absolute Gasteiger partial charge is 0.416 e. The number of carbonyl (C=O) groups is 2. The van der Waals surface area contributed by atoms with E-state index in [0.717, 1.165) is 46.4 Å². The lowest BCUT2D eigenvalue weighted by Gasteiger charge is -2.38. The van der Waals surface area contributed by atoms with Gasteiger partial charge in [-0.25, -0.2) is 0 Å². The minimum absolute atomic E-state index is 0.135. The van der Waals surface area contributed by atoms with Crippen LogP contribution in [0.1, 0.15) is 21.5 Å². The van der Waals surface area contributed by atoms with Gasteiger partial charge < -0.3 is 15.0 Å². The number of nitrogens with zero attached hydrogens (tertiary/aromatic N) is 1. The number of nitrogens with one attached hydrogen (secondary N) is 1. The summed E-state index contributed by atoms with van der Waals surface area (Å²) < 4.78 is 43.3. The van der Waals surface area contributed by atoms with Gasteiger partial charge in [0.25, 0.3) is 5.91 Å². The van der Waals surface area contributed by atoms with Gasteiger partial charge in [-0.1, -0.05) is 24.3 Å². The van der Waals surface area contributed by atoms with Crippen LogP contribution in [0.15, 0.2) is 60.7 Å². The van der Waals surface area contributed by atoms with E-state index in [2.05, 4.69) is 5.32 Å². The molecule has 3 aromatic carbocycles. The molecule has 0 bridgehead atoms. The Morgan fingerprint density at radius 1 is 1.06 bits per heavy atom. The second kappa shape index (κ2) is 9.13. The minimum Gasteiger partial charge on any atom is -0.497 e. The van der Waals surface area contributed by atoms with E-state index in [0.29, 0.717) is 13.0 Å². The predicted molar refractivity (Wildman–Crippen MR) is 118 cm³/mol. The van der Waals surface area contributed by atoms with E-state index in [-0.39, 0.29) is 36.4 Å². The summed E-state index contributed by atoms with van der Waals surface area (Å²) in [5.74, 6) is -0.0657. The first-order chi connectivity index (χ1) is 15.8. The van der Waals surface area contributed by atoms with Crippen molar-refractivity contribution in [2.45, 2.75) is 12.6 Å². The molecule has 1 aliphatic heterocycles. The number of carbonyl (C=O) groups excluding carboxylic acids is 2. The van der Waals surface area contributed by atoms with Gasteiger partial charge in [-0.3, -0.25) is 9.59 Å². The lowest BCUT2D eigenvalue weighted by atomic mass is 9.97. The number of likely N-dealkylation sites (tertiary alicyclic amines) is 1. The molecule has 4 rings (SSSR count). The molecule has 1 N–H and O–H groups in total. The van der Waals surface area contributed by atoms with Crippen molar-refractivity contribution in [3.63, 3.8) is 0 Å². The number of amides is 2. The van der Waals surface area contributed by atoms with Crippen LogP contribution < -0.4 is 10.1 Å². The molecule has 2 amide bonds. The number of fused-ring (bicyclic) bond motifs is 1. The van der Waals surface area contributed by atoms with Gasteiger partial charge in [0.2, 0.25) is 5.91 Å². The lowest BCUT2D eigenvalue weighted by Crippen LogP contribution is -2.55. The molecular formula is C25H23F3N2O3. The second-order valence-corrected chi connectivity index (χ2v) is 8.03. The Kier molecular flexibility index (Phi) is 6.26. The van der Waals surface area contributed by atoms with Gasteiger partial charge in [-0.05, 0) is 59.2 Å². The van der Waals surface area contributed by atoms with Crippen LogP contribution in [-0.2, 0) is 17.4 Å². The summed E-state index contributed by atoms with van der Waals surface area (Å²) in [4.78, 5) is 26.3. The molecule has 0 saturated carbocycles. The maximum absolute atomic E-state index is 12.7. The van der Waals surface area contributed by atoms with Crippen LogP contribution in [0, 0.1) is 5.92 Å². The topological polar surface area (TPSA) is 58.6 Å². The van der Waals surface area contributed by atoms with Gasteiger partial charge in [0, 0.05) is 25.2 Å². The fraction of sp³-hybridized carbons (Fsp3) is 0.280. The monoisotopic (exact) mass is 456 g/mol. The van der Waals surface area contributed by atoms with Crippen molar-refractivity contribution in [1.29, 1.82) is 0 Å². The van der Waals surface area contributed by atoms with Crippen molar-refractivity contribution in [2.75, 3.05) is 26.7 Å². The number of ether oxygens (including phenoxy) is 1. The van der Waals surface area contributed by atoms with Crippen molar-refractivity contribution < 1.29 is 27.5 Å². The minimum atomic E-state index is -4.44. The van der Waals surface area contributed by atoms with E-state index in [4.69, 9.17) is 4.74 Å². The Labute approximate surface area is 189 Å². The van der Waals surface area contributed by atoms with E-state index in [9.17, 15) is 22.8 Å². The molecule has 8 heteroatoms.